The van der Waals surface area contributed by atoms with Gasteiger partial charge in [0.05, 0.1) is 11.4 Å². The van der Waals surface area contributed by atoms with Crippen LogP contribution >= 0.6 is 23.5 Å². The molecule has 0 fully saturated rings. The first-order valence-corrected chi connectivity index (χ1v) is 12.5. The Morgan fingerprint density at radius 2 is 1.77 bits per heavy atom. The van der Waals surface area contributed by atoms with E-state index in [0.29, 0.717) is 0 Å². The Bertz CT molecular complexity index is 1240. The minimum atomic E-state index is 0.187. The van der Waals surface area contributed by atoms with Gasteiger partial charge in [-0.25, -0.2) is 9.97 Å². The Labute approximate surface area is 186 Å². The van der Waals surface area contributed by atoms with Gasteiger partial charge in [-0.3, -0.25) is 4.40 Å². The summed E-state index contributed by atoms with van der Waals surface area (Å²) >= 11 is 3.73. The molecule has 2 aromatic heterocycles. The second-order valence-electron chi connectivity index (χ2n) is 8.47. The van der Waals surface area contributed by atoms with Crippen molar-refractivity contribution in [2.24, 2.45) is 0 Å². The number of fused-ring (bicyclic) bond motifs is 2. The van der Waals surface area contributed by atoms with Gasteiger partial charge in [0.2, 0.25) is 5.78 Å². The summed E-state index contributed by atoms with van der Waals surface area (Å²) in [5, 5.41) is 0. The molecule has 0 radical (unpaired) electrons. The number of rotatable bonds is 3. The van der Waals surface area contributed by atoms with Crippen molar-refractivity contribution in [2.45, 2.75) is 42.4 Å². The van der Waals surface area contributed by atoms with Gasteiger partial charge in [0.25, 0.3) is 0 Å². The lowest BCUT2D eigenvalue weighted by atomic mass is 9.81. The molecule has 152 valence electrons. The van der Waals surface area contributed by atoms with Crippen LogP contribution in [0.15, 0.2) is 64.5 Å². The molecule has 3 nitrogen and oxygen atoms in total. The number of imidazole rings is 1. The summed E-state index contributed by atoms with van der Waals surface area (Å²) in [5.41, 5.74) is 7.03. The van der Waals surface area contributed by atoms with E-state index in [9.17, 15) is 0 Å². The van der Waals surface area contributed by atoms with Crippen LogP contribution in [-0.4, -0.2) is 26.4 Å². The molecule has 0 spiro atoms. The van der Waals surface area contributed by atoms with Crippen LogP contribution < -0.4 is 0 Å². The molecular formula is C25H25N3S2. The van der Waals surface area contributed by atoms with Crippen molar-refractivity contribution in [3.8, 4) is 22.5 Å². The van der Waals surface area contributed by atoms with E-state index >= 15 is 0 Å². The van der Waals surface area contributed by atoms with Gasteiger partial charge in [0.15, 0.2) is 0 Å². The van der Waals surface area contributed by atoms with Gasteiger partial charge in [-0.05, 0) is 66.7 Å². The molecule has 1 aliphatic rings. The number of hydrogen-bond donors (Lipinski definition) is 0. The standard InChI is InChI=1S/C25H25N3S2/c1-16-11-13-28-23(18-7-10-21-20(15-18)25(2,3)12-14-30-21)22(27-24(28)26-16)17-5-8-19(29-4)9-6-17/h5-11,13,15H,12,14H2,1-4H3. The van der Waals surface area contributed by atoms with Crippen LogP contribution in [0.1, 0.15) is 31.5 Å². The third kappa shape index (κ3) is 3.34. The predicted octanol–water partition coefficient (Wildman–Crippen LogP) is 6.87. The molecule has 0 amide bonds. The highest BCUT2D eigenvalue weighted by molar-refractivity contribution is 7.99. The Morgan fingerprint density at radius 1 is 1.00 bits per heavy atom. The van der Waals surface area contributed by atoms with E-state index in [4.69, 9.17) is 9.97 Å². The van der Waals surface area contributed by atoms with Crippen LogP contribution in [0.3, 0.4) is 0 Å². The fourth-order valence-electron chi connectivity index (χ4n) is 4.13. The SMILES string of the molecule is CSc1ccc(-c2nc3nc(C)ccn3c2-c2ccc3c(c2)C(C)(C)CCS3)cc1. The van der Waals surface area contributed by atoms with Gasteiger partial charge >= 0.3 is 0 Å². The maximum absolute atomic E-state index is 4.96. The van der Waals surface area contributed by atoms with Gasteiger partial charge in [0.1, 0.15) is 0 Å². The lowest BCUT2D eigenvalue weighted by Gasteiger charge is -2.32. The zero-order chi connectivity index (χ0) is 20.9. The smallest absolute Gasteiger partial charge is 0.235 e. The molecule has 5 rings (SSSR count). The topological polar surface area (TPSA) is 30.2 Å². The normalized spacial score (nSPS) is 15.3. The van der Waals surface area contributed by atoms with Gasteiger partial charge in [-0.15, -0.1) is 23.5 Å². The summed E-state index contributed by atoms with van der Waals surface area (Å²) in [6, 6.07) is 17.6. The number of nitrogens with zero attached hydrogens (tertiary/aromatic N) is 3. The van der Waals surface area contributed by atoms with E-state index < -0.39 is 0 Å². The lowest BCUT2D eigenvalue weighted by Crippen LogP contribution is -2.22. The van der Waals surface area contributed by atoms with Crippen LogP contribution in [-0.2, 0) is 5.41 Å². The fraction of sp³-hybridized carbons (Fsp3) is 0.280. The van der Waals surface area contributed by atoms with E-state index in [-0.39, 0.29) is 5.41 Å². The summed E-state index contributed by atoms with van der Waals surface area (Å²) < 4.78 is 2.13. The second-order valence-corrected chi connectivity index (χ2v) is 10.5. The quantitative estimate of drug-likeness (QED) is 0.331. The molecule has 0 unspecified atom stereocenters. The first-order chi connectivity index (χ1) is 14.5. The van der Waals surface area contributed by atoms with Crippen LogP contribution in [0, 0.1) is 6.92 Å². The highest BCUT2D eigenvalue weighted by Crippen LogP contribution is 2.44. The summed E-state index contributed by atoms with van der Waals surface area (Å²) in [7, 11) is 0. The van der Waals surface area contributed by atoms with Crippen LogP contribution in [0.4, 0.5) is 0 Å². The van der Waals surface area contributed by atoms with Gasteiger partial charge in [-0.2, -0.15) is 0 Å². The zero-order valence-electron chi connectivity index (χ0n) is 17.8. The molecule has 0 N–H and O–H groups in total. The Balaban J connectivity index is 1.75. The number of thioether (sulfide) groups is 2. The molecule has 0 atom stereocenters. The predicted molar refractivity (Wildman–Crippen MR) is 129 cm³/mol. The third-order valence-corrected chi connectivity index (χ3v) is 7.78. The van der Waals surface area contributed by atoms with Crippen LogP contribution in [0.2, 0.25) is 0 Å². The molecule has 3 heterocycles. The minimum Gasteiger partial charge on any atom is -0.283 e. The molecular weight excluding hydrogens is 406 g/mol. The van der Waals surface area contributed by atoms with E-state index in [1.54, 1.807) is 11.8 Å². The van der Waals surface area contributed by atoms with E-state index in [1.165, 1.54) is 33.1 Å². The van der Waals surface area contributed by atoms with Crippen molar-refractivity contribution in [1.82, 2.24) is 14.4 Å². The highest BCUT2D eigenvalue weighted by atomic mass is 32.2. The lowest BCUT2D eigenvalue weighted by molar-refractivity contribution is 0.494. The Kier molecular flexibility index (Phi) is 4.91. The molecule has 0 aliphatic carbocycles. The summed E-state index contributed by atoms with van der Waals surface area (Å²) in [4.78, 5) is 12.3. The summed E-state index contributed by atoms with van der Waals surface area (Å²) in [6.45, 7) is 6.73. The van der Waals surface area contributed by atoms with Crippen molar-refractivity contribution in [3.05, 3.63) is 66.0 Å². The van der Waals surface area contributed by atoms with Gasteiger partial charge in [0, 0.05) is 32.8 Å². The highest BCUT2D eigenvalue weighted by Gasteiger charge is 2.29. The summed E-state index contributed by atoms with van der Waals surface area (Å²) in [5.74, 6) is 1.94. The van der Waals surface area contributed by atoms with E-state index in [1.807, 2.05) is 18.7 Å². The molecule has 5 heteroatoms. The number of aromatic nitrogens is 3. The van der Waals surface area contributed by atoms with Crippen LogP contribution in [0.5, 0.6) is 0 Å². The first kappa shape index (κ1) is 19.7. The van der Waals surface area contributed by atoms with Gasteiger partial charge in [-0.1, -0.05) is 32.0 Å². The number of hydrogen-bond acceptors (Lipinski definition) is 4. The molecule has 0 saturated heterocycles. The fourth-order valence-corrected chi connectivity index (χ4v) is 6.02. The zero-order valence-corrected chi connectivity index (χ0v) is 19.4. The van der Waals surface area contributed by atoms with Crippen molar-refractivity contribution >= 4 is 29.3 Å². The monoisotopic (exact) mass is 431 g/mol. The molecule has 2 aromatic carbocycles. The minimum absolute atomic E-state index is 0.187. The van der Waals surface area contributed by atoms with Crippen molar-refractivity contribution in [1.29, 1.82) is 0 Å². The average molecular weight is 432 g/mol. The van der Waals surface area contributed by atoms with Crippen LogP contribution in [0.25, 0.3) is 28.3 Å². The number of aryl methyl sites for hydroxylation is 1. The average Bonchev–Trinajstić information content (AvgIpc) is 3.12. The second kappa shape index (κ2) is 7.47. The number of benzene rings is 2. The molecule has 4 aromatic rings. The maximum Gasteiger partial charge on any atom is 0.235 e. The van der Waals surface area contributed by atoms with Gasteiger partial charge < -0.3 is 0 Å². The third-order valence-electron chi connectivity index (χ3n) is 5.96. The van der Waals surface area contributed by atoms with Crippen molar-refractivity contribution in [2.75, 3.05) is 12.0 Å². The molecule has 0 saturated carbocycles. The summed E-state index contributed by atoms with van der Waals surface area (Å²) in [6.07, 6.45) is 5.40. The molecule has 30 heavy (non-hydrogen) atoms. The largest absolute Gasteiger partial charge is 0.283 e. The Hall–Kier alpha value is -2.24. The van der Waals surface area contributed by atoms with Crippen molar-refractivity contribution < 1.29 is 0 Å². The maximum atomic E-state index is 4.96. The molecule has 1 aliphatic heterocycles. The van der Waals surface area contributed by atoms with E-state index in [0.717, 1.165) is 28.4 Å². The van der Waals surface area contributed by atoms with E-state index in [2.05, 4.69) is 79.2 Å². The first-order valence-electron chi connectivity index (χ1n) is 10.2. The Morgan fingerprint density at radius 3 is 2.53 bits per heavy atom. The van der Waals surface area contributed by atoms with Crippen molar-refractivity contribution in [3.63, 3.8) is 0 Å². The molecule has 0 bridgehead atoms.